The van der Waals surface area contributed by atoms with Crippen LogP contribution in [-0.4, -0.2) is 155 Å². The third-order valence-electron chi connectivity index (χ3n) is 13.4. The second-order valence-electron chi connectivity index (χ2n) is 21.0. The van der Waals surface area contributed by atoms with Crippen LogP contribution in [0.2, 0.25) is 0 Å². The molecule has 1 unspecified atom stereocenters. The summed E-state index contributed by atoms with van der Waals surface area (Å²) in [6.07, 6.45) is 20.7. The van der Waals surface area contributed by atoms with Gasteiger partial charge in [0.25, 0.3) is 0 Å². The van der Waals surface area contributed by atoms with Gasteiger partial charge in [-0.05, 0) is 55.0 Å². The number of phosphoric ester groups is 1. The lowest BCUT2D eigenvalue weighted by Crippen LogP contribution is -2.48. The van der Waals surface area contributed by atoms with Gasteiger partial charge >= 0.3 is 19.8 Å². The van der Waals surface area contributed by atoms with Crippen LogP contribution in [0.5, 0.6) is 0 Å². The van der Waals surface area contributed by atoms with Crippen molar-refractivity contribution in [3.63, 3.8) is 0 Å². The van der Waals surface area contributed by atoms with Gasteiger partial charge in [-0.25, -0.2) is 4.57 Å². The van der Waals surface area contributed by atoms with Crippen molar-refractivity contribution in [1.29, 1.82) is 0 Å². The highest BCUT2D eigenvalue weighted by Crippen LogP contribution is 2.43. The Kier molecular flexibility index (Phi) is 30.4. The van der Waals surface area contributed by atoms with Crippen LogP contribution in [0.3, 0.4) is 0 Å². The maximum absolute atomic E-state index is 13.3. The third kappa shape index (κ3) is 30.2. The Labute approximate surface area is 439 Å². The predicted octanol–water partition coefficient (Wildman–Crippen LogP) is 10.1. The van der Waals surface area contributed by atoms with Crippen molar-refractivity contribution in [3.05, 3.63) is 102 Å². The molecule has 4 rings (SSSR count). The molecule has 408 valence electrons. The Bertz CT molecular complexity index is 1990. The van der Waals surface area contributed by atoms with E-state index in [9.17, 15) is 23.8 Å². The minimum absolute atomic E-state index is 0.108. The van der Waals surface area contributed by atoms with Crippen LogP contribution in [0.1, 0.15) is 126 Å². The molecule has 0 spiro atoms. The van der Waals surface area contributed by atoms with E-state index >= 15 is 0 Å². The minimum atomic E-state index is -3.94. The molecular weight excluding hydrogens is 942 g/mol. The lowest BCUT2D eigenvalue weighted by atomic mass is 10.0. The number of anilines is 1. The molecule has 0 aliphatic carbocycles. The fourth-order valence-corrected chi connectivity index (χ4v) is 9.69. The molecule has 1 N–H and O–H groups in total. The number of aryl methyl sites for hydroxylation is 1. The molecule has 1 saturated heterocycles. The Morgan fingerprint density at radius 1 is 0.493 bits per heavy atom. The van der Waals surface area contributed by atoms with Crippen molar-refractivity contribution in [2.24, 2.45) is 0 Å². The van der Waals surface area contributed by atoms with Crippen LogP contribution in [0.4, 0.5) is 5.69 Å². The highest BCUT2D eigenvalue weighted by atomic mass is 31.2. The summed E-state index contributed by atoms with van der Waals surface area (Å²) in [5.41, 5.74) is 4.35. The zero-order valence-electron chi connectivity index (χ0n) is 45.3. The van der Waals surface area contributed by atoms with E-state index in [1.54, 1.807) is 6.92 Å². The summed E-state index contributed by atoms with van der Waals surface area (Å²) in [4.78, 5) is 57.4. The standard InChI is InChI=1S/C58H92N5O9P/c1-52(64)47-59-36-37-60(48-57(65)69-50-54-28-22-19-23-29-54)38-39-61(49-58(66)70-51-55-30-24-20-25-31-55)41-43-62(42-40-59)56-34-32-53(33-35-56)27-21-17-15-13-11-9-7-5-6-8-10-12-14-16-18-26-45-71-73(67,68)72-46-44-63(2,3)4/h19-20,22-25,28-35H,5-18,21,26-27,36-51H2,1-4H3/p+1. The minimum Gasteiger partial charge on any atom is -0.460 e. The zero-order chi connectivity index (χ0) is 52.4. The van der Waals surface area contributed by atoms with E-state index < -0.39 is 7.82 Å². The first-order valence-electron chi connectivity index (χ1n) is 27.5. The van der Waals surface area contributed by atoms with Crippen molar-refractivity contribution >= 4 is 31.2 Å². The molecule has 0 bridgehead atoms. The number of ketones is 1. The SMILES string of the molecule is CC(=O)CN1CCN(CC(=O)OCc2ccccc2)CCN(CC(=O)OCc2ccccc2)CCN(c2ccc(CCCCCCCCCCCCCCCCCCOP(=O)(O)OCC[N+](C)(C)C)cc2)CC1. The van der Waals surface area contributed by atoms with E-state index in [4.69, 9.17) is 18.5 Å². The molecule has 0 radical (unpaired) electrons. The van der Waals surface area contributed by atoms with Crippen LogP contribution < -0.4 is 4.90 Å². The van der Waals surface area contributed by atoms with E-state index in [-0.39, 0.29) is 57.2 Å². The molecule has 1 fully saturated rings. The van der Waals surface area contributed by atoms with Crippen LogP contribution in [-0.2, 0) is 57.1 Å². The smallest absolute Gasteiger partial charge is 0.460 e. The summed E-state index contributed by atoms with van der Waals surface area (Å²) in [5.74, 6) is -0.480. The molecule has 3 aromatic rings. The van der Waals surface area contributed by atoms with Crippen molar-refractivity contribution in [1.82, 2.24) is 14.7 Å². The lowest BCUT2D eigenvalue weighted by molar-refractivity contribution is -0.870. The highest BCUT2D eigenvalue weighted by molar-refractivity contribution is 7.47. The number of esters is 2. The maximum atomic E-state index is 13.3. The summed E-state index contributed by atoms with van der Waals surface area (Å²) in [6, 6.07) is 28.3. The van der Waals surface area contributed by atoms with E-state index in [1.807, 2.05) is 81.8 Å². The van der Waals surface area contributed by atoms with Crippen LogP contribution >= 0.6 is 7.82 Å². The summed E-state index contributed by atoms with van der Waals surface area (Å²) in [5, 5.41) is 0. The number of hydrogen-bond acceptors (Lipinski definition) is 12. The molecule has 0 aromatic heterocycles. The molecule has 0 saturated carbocycles. The Balaban J connectivity index is 1.13. The van der Waals surface area contributed by atoms with Gasteiger partial charge in [0, 0.05) is 58.0 Å². The number of carbonyl (C=O) groups excluding carboxylic acids is 3. The van der Waals surface area contributed by atoms with Gasteiger partial charge in [-0.1, -0.05) is 163 Å². The second-order valence-corrected chi connectivity index (χ2v) is 22.5. The molecular formula is C58H93N5O9P+. The number of quaternary nitrogens is 1. The van der Waals surface area contributed by atoms with Crippen LogP contribution in [0.25, 0.3) is 0 Å². The molecule has 3 aromatic carbocycles. The number of carbonyl (C=O) groups is 3. The van der Waals surface area contributed by atoms with Gasteiger partial charge in [0.05, 0.1) is 47.4 Å². The summed E-state index contributed by atoms with van der Waals surface area (Å²) in [7, 11) is 2.09. The van der Waals surface area contributed by atoms with Gasteiger partial charge in [0.15, 0.2) is 0 Å². The number of ether oxygens (including phenoxy) is 2. The number of hydrogen-bond donors (Lipinski definition) is 1. The normalized spacial score (nSPS) is 15.5. The summed E-state index contributed by atoms with van der Waals surface area (Å²) >= 11 is 0. The van der Waals surface area contributed by atoms with Gasteiger partial charge in [0.2, 0.25) is 0 Å². The lowest BCUT2D eigenvalue weighted by Gasteiger charge is -2.34. The van der Waals surface area contributed by atoms with Gasteiger partial charge in [0.1, 0.15) is 32.1 Å². The van der Waals surface area contributed by atoms with Crippen molar-refractivity contribution in [2.75, 3.05) is 118 Å². The molecule has 1 atom stereocenters. The molecule has 14 nitrogen and oxygen atoms in total. The number of benzene rings is 3. The van der Waals surface area contributed by atoms with Crippen LogP contribution in [0.15, 0.2) is 84.9 Å². The Morgan fingerprint density at radius 3 is 1.30 bits per heavy atom. The van der Waals surface area contributed by atoms with E-state index in [0.29, 0.717) is 69.9 Å². The third-order valence-corrected chi connectivity index (χ3v) is 14.4. The monoisotopic (exact) mass is 1030 g/mol. The van der Waals surface area contributed by atoms with Gasteiger partial charge in [-0.15, -0.1) is 0 Å². The Morgan fingerprint density at radius 2 is 0.877 bits per heavy atom. The Hall–Kier alpha value is -3.98. The molecule has 15 heteroatoms. The van der Waals surface area contributed by atoms with E-state index in [2.05, 4.69) is 43.9 Å². The first kappa shape index (κ1) is 61.6. The number of nitrogens with zero attached hydrogens (tertiary/aromatic N) is 5. The van der Waals surface area contributed by atoms with Crippen molar-refractivity contribution in [2.45, 2.75) is 129 Å². The number of rotatable bonds is 35. The van der Waals surface area contributed by atoms with Gasteiger partial charge < -0.3 is 23.8 Å². The fraction of sp³-hybridized carbons (Fsp3) is 0.638. The topological polar surface area (TPSA) is 138 Å². The molecule has 1 aliphatic rings. The van der Waals surface area contributed by atoms with E-state index in [1.165, 1.54) is 89.0 Å². The summed E-state index contributed by atoms with van der Waals surface area (Å²) < 4.78 is 34.2. The van der Waals surface area contributed by atoms with Crippen molar-refractivity contribution in [3.8, 4) is 0 Å². The maximum Gasteiger partial charge on any atom is 0.472 e. The second kappa shape index (κ2) is 36.1. The first-order chi connectivity index (χ1) is 35.2. The van der Waals surface area contributed by atoms with Crippen molar-refractivity contribution < 1.29 is 46.8 Å². The number of likely N-dealkylation sites (N-methyl/N-ethyl adjacent to an activating group) is 1. The number of phosphoric acid groups is 1. The number of Topliss-reactive ketones (excluding diaryl/α,β-unsaturated/α-hetero) is 1. The van der Waals surface area contributed by atoms with Crippen LogP contribution in [0, 0.1) is 0 Å². The fourth-order valence-electron chi connectivity index (χ4n) is 8.94. The predicted molar refractivity (Wildman–Crippen MR) is 293 cm³/mol. The first-order valence-corrected chi connectivity index (χ1v) is 29.0. The molecule has 1 heterocycles. The average molecular weight is 1040 g/mol. The molecule has 73 heavy (non-hydrogen) atoms. The average Bonchev–Trinajstić information content (AvgIpc) is 3.36. The zero-order valence-corrected chi connectivity index (χ0v) is 46.2. The molecule has 0 amide bonds. The highest BCUT2D eigenvalue weighted by Gasteiger charge is 2.23. The van der Waals surface area contributed by atoms with E-state index in [0.717, 1.165) is 42.5 Å². The quantitative estimate of drug-likeness (QED) is 0.0259. The largest absolute Gasteiger partial charge is 0.472 e. The number of unbranched alkanes of at least 4 members (excludes halogenated alkanes) is 15. The van der Waals surface area contributed by atoms with Gasteiger partial charge in [-0.3, -0.25) is 38.1 Å². The van der Waals surface area contributed by atoms with Gasteiger partial charge in [-0.2, -0.15) is 0 Å². The summed E-state index contributed by atoms with van der Waals surface area (Å²) in [6.45, 7) is 8.79. The molecule has 1 aliphatic heterocycles.